The van der Waals surface area contributed by atoms with E-state index in [4.69, 9.17) is 21.1 Å². The van der Waals surface area contributed by atoms with Crippen LogP contribution in [-0.4, -0.2) is 142 Å². The molecule has 388 valence electrons. The molecule has 6 atom stereocenters. The summed E-state index contributed by atoms with van der Waals surface area (Å²) in [5.74, 6) is -0.0892. The second kappa shape index (κ2) is 22.5. The molecule has 3 heterocycles. The zero-order chi connectivity index (χ0) is 52.3. The van der Waals surface area contributed by atoms with Gasteiger partial charge in [-0.05, 0) is 60.2 Å². The van der Waals surface area contributed by atoms with Crippen LogP contribution in [0.2, 0.25) is 5.02 Å². The summed E-state index contributed by atoms with van der Waals surface area (Å²) in [7, 11) is 0. The number of halogens is 1. The van der Waals surface area contributed by atoms with Crippen LogP contribution < -0.4 is 25.4 Å². The van der Waals surface area contributed by atoms with E-state index >= 15 is 0 Å². The topological polar surface area (TPSA) is 213 Å². The smallest absolute Gasteiger partial charge is 0.246 e. The number of nitrogens with zero attached hydrogens (tertiary/aromatic N) is 5. The molecule has 18 heteroatoms. The molecule has 1 unspecified atom stereocenters. The van der Waals surface area contributed by atoms with Crippen molar-refractivity contribution >= 4 is 40.7 Å². The van der Waals surface area contributed by atoms with Crippen LogP contribution in [0.4, 0.5) is 0 Å². The lowest BCUT2D eigenvalue weighted by molar-refractivity contribution is -0.179. The van der Waals surface area contributed by atoms with Crippen molar-refractivity contribution in [1.82, 2.24) is 35.6 Å². The van der Waals surface area contributed by atoms with Crippen LogP contribution in [0.15, 0.2) is 72.2 Å². The number of carbonyl (C=O) groups excluding carboxylic acids is 3. The first-order valence-electron chi connectivity index (χ1n) is 24.7. The van der Waals surface area contributed by atoms with Crippen LogP contribution in [0.1, 0.15) is 96.5 Å². The highest BCUT2D eigenvalue weighted by atomic mass is 35.5. The maximum atomic E-state index is 14.4. The largest absolute Gasteiger partial charge is 0.492 e. The molecule has 3 aliphatic rings. The van der Waals surface area contributed by atoms with Crippen molar-refractivity contribution in [3.8, 4) is 28.0 Å². The molecule has 16 nitrogen and oxygen atoms in total. The number of ether oxygens (including phenoxy) is 2. The summed E-state index contributed by atoms with van der Waals surface area (Å²) in [6, 6.07) is 19.1. The lowest BCUT2D eigenvalue weighted by atomic mass is 9.49. The molecular weight excluding hydrogens is 956 g/mol. The van der Waals surface area contributed by atoms with E-state index in [1.807, 2.05) is 93.6 Å². The van der Waals surface area contributed by atoms with Gasteiger partial charge in [0.1, 0.15) is 54.6 Å². The van der Waals surface area contributed by atoms with E-state index in [1.165, 1.54) is 4.90 Å². The maximum Gasteiger partial charge on any atom is 0.246 e. The number of amides is 3. The molecule has 2 saturated heterocycles. The summed E-state index contributed by atoms with van der Waals surface area (Å²) in [5.41, 5.74) is 4.33. The molecule has 6 N–H and O–H groups in total. The number of thiazole rings is 1. The summed E-state index contributed by atoms with van der Waals surface area (Å²) in [6.45, 7) is 20.6. The molecule has 4 aromatic rings. The number of aliphatic hydroxyl groups excluding tert-OH is 3. The van der Waals surface area contributed by atoms with Crippen molar-refractivity contribution in [1.29, 1.82) is 5.26 Å². The molecule has 1 saturated carbocycles. The number of aromatic nitrogens is 1. The fraction of sp³-hybridized carbons (Fsp3) is 0.537. The van der Waals surface area contributed by atoms with Gasteiger partial charge in [-0.25, -0.2) is 4.98 Å². The number of rotatable bonds is 18. The Morgan fingerprint density at radius 1 is 0.958 bits per heavy atom. The van der Waals surface area contributed by atoms with Gasteiger partial charge in [-0.2, -0.15) is 5.26 Å². The Labute approximate surface area is 432 Å². The summed E-state index contributed by atoms with van der Waals surface area (Å²) in [6.07, 6.45) is -1.95. The molecular formula is C54H71ClN8O8S. The lowest BCUT2D eigenvalue weighted by Crippen LogP contribution is -2.74. The monoisotopic (exact) mass is 1030 g/mol. The Kier molecular flexibility index (Phi) is 17.1. The van der Waals surface area contributed by atoms with E-state index in [0.717, 1.165) is 21.7 Å². The van der Waals surface area contributed by atoms with Gasteiger partial charge in [0.25, 0.3) is 0 Å². The SMILES string of the molecule is Cc1ncsc1-c1ccc([C@H](C)NC(=O)[C@@H]2C[C@@H](O)CN2C(=O)[C@@H](NC(=O)[C@H](CO)N2CCN(CCOc3ccc(C(O)NC4C(C)(C)C(Oc5ccc(C#N)c(Cl)c5)C4(C)C)cc3)CC2)C(C)(C)C)cc1. The van der Waals surface area contributed by atoms with Gasteiger partial charge in [-0.3, -0.25) is 29.5 Å². The van der Waals surface area contributed by atoms with Gasteiger partial charge in [0.15, 0.2) is 0 Å². The minimum Gasteiger partial charge on any atom is -0.492 e. The Bertz CT molecular complexity index is 2560. The van der Waals surface area contributed by atoms with Crippen molar-refractivity contribution in [2.24, 2.45) is 16.2 Å². The third kappa shape index (κ3) is 12.1. The minimum absolute atomic E-state index is 0.0480. The lowest BCUT2D eigenvalue weighted by Gasteiger charge is -2.63. The van der Waals surface area contributed by atoms with Gasteiger partial charge in [0.2, 0.25) is 17.7 Å². The number of aryl methyl sites for hydroxylation is 1. The summed E-state index contributed by atoms with van der Waals surface area (Å²) < 4.78 is 12.5. The molecule has 7 rings (SSSR count). The first kappa shape index (κ1) is 54.6. The molecule has 0 radical (unpaired) electrons. The number of hydrogen-bond acceptors (Lipinski definition) is 14. The molecule has 3 aromatic carbocycles. The van der Waals surface area contributed by atoms with E-state index in [2.05, 4.69) is 59.6 Å². The number of carbonyl (C=O) groups is 3. The number of piperazine rings is 1. The van der Waals surface area contributed by atoms with E-state index in [1.54, 1.807) is 29.5 Å². The normalized spacial score (nSPS) is 22.7. The van der Waals surface area contributed by atoms with Crippen LogP contribution >= 0.6 is 22.9 Å². The zero-order valence-electron chi connectivity index (χ0n) is 42.8. The average molecular weight is 1030 g/mol. The molecule has 72 heavy (non-hydrogen) atoms. The minimum atomic E-state index is -1.04. The van der Waals surface area contributed by atoms with Crippen LogP contribution in [0.25, 0.3) is 10.4 Å². The van der Waals surface area contributed by atoms with Crippen molar-refractivity contribution < 1.29 is 39.2 Å². The number of nitrogens with one attached hydrogen (secondary N) is 3. The summed E-state index contributed by atoms with van der Waals surface area (Å²) in [5, 5.41) is 51.5. The van der Waals surface area contributed by atoms with Crippen molar-refractivity contribution in [2.75, 3.05) is 52.5 Å². The molecule has 2 aliphatic heterocycles. The standard InChI is InChI=1S/C54H71ClN8O8S/c1-32(34-10-12-35(13-11-34)44-33(2)57-31-72-44)58-47(67)42-26-38(65)29-63(42)49(69)45(52(3,4)5)59-48(68)43(30-64)62-22-20-61(21-23-62)24-25-70-39-17-14-36(15-18-39)46(66)60-50-53(6,7)51(54(50,8)9)71-40-19-16-37(28-56)41(55)27-40/h10-19,27,31-32,38,42-43,45-46,50-51,60,64-66H,20-26,29-30H2,1-9H3,(H,58,67)(H,59,68)/t32-,38+,42-,43-,45+,46?,50?,51?/m0/s1. The predicted octanol–water partition coefficient (Wildman–Crippen LogP) is 5.83. The van der Waals surface area contributed by atoms with Gasteiger partial charge >= 0.3 is 0 Å². The average Bonchev–Trinajstić information content (AvgIpc) is 3.96. The molecule has 1 aromatic heterocycles. The quantitative estimate of drug-likeness (QED) is 0.0649. The van der Waals surface area contributed by atoms with Gasteiger partial charge in [0.05, 0.1) is 45.4 Å². The van der Waals surface area contributed by atoms with E-state index < -0.39 is 54.3 Å². The Balaban J connectivity index is 0.861. The number of β-amino-alcohol motifs (C(OH)–C–C–N with tert-alkyl or cyclic N) is 1. The molecule has 3 amide bonds. The summed E-state index contributed by atoms with van der Waals surface area (Å²) in [4.78, 5) is 53.1. The number of hydrogen-bond donors (Lipinski definition) is 6. The molecule has 0 spiro atoms. The summed E-state index contributed by atoms with van der Waals surface area (Å²) >= 11 is 7.83. The van der Waals surface area contributed by atoms with E-state index in [9.17, 15) is 35.0 Å². The Morgan fingerprint density at radius 2 is 1.60 bits per heavy atom. The van der Waals surface area contributed by atoms with Crippen molar-refractivity contribution in [3.05, 3.63) is 99.6 Å². The van der Waals surface area contributed by atoms with Crippen LogP contribution in [0.5, 0.6) is 11.5 Å². The van der Waals surface area contributed by atoms with Gasteiger partial charge in [-0.1, -0.05) is 96.5 Å². The van der Waals surface area contributed by atoms with Gasteiger partial charge in [-0.15, -0.1) is 11.3 Å². The van der Waals surface area contributed by atoms with Crippen LogP contribution in [0, 0.1) is 34.5 Å². The fourth-order valence-corrected chi connectivity index (χ4v) is 11.9. The van der Waals surface area contributed by atoms with E-state index in [0.29, 0.717) is 67.0 Å². The van der Waals surface area contributed by atoms with Crippen molar-refractivity contribution in [3.63, 3.8) is 0 Å². The first-order chi connectivity index (χ1) is 34.0. The molecule has 3 fully saturated rings. The Hall–Kier alpha value is -5.16. The second-order valence-corrected chi connectivity index (χ2v) is 23.0. The molecule has 0 bridgehead atoms. The highest BCUT2D eigenvalue weighted by Gasteiger charge is 2.64. The van der Waals surface area contributed by atoms with Crippen LogP contribution in [-0.2, 0) is 14.4 Å². The molecule has 1 aliphatic carbocycles. The number of nitriles is 1. The van der Waals surface area contributed by atoms with Gasteiger partial charge in [0, 0.05) is 68.6 Å². The predicted molar refractivity (Wildman–Crippen MR) is 277 cm³/mol. The number of aliphatic hydroxyl groups is 3. The van der Waals surface area contributed by atoms with Crippen LogP contribution in [0.3, 0.4) is 0 Å². The fourth-order valence-electron chi connectivity index (χ4n) is 10.9. The maximum absolute atomic E-state index is 14.4. The van der Waals surface area contributed by atoms with E-state index in [-0.39, 0.29) is 47.9 Å². The first-order valence-corrected chi connectivity index (χ1v) is 26.0. The Morgan fingerprint density at radius 3 is 2.18 bits per heavy atom. The number of benzene rings is 3. The van der Waals surface area contributed by atoms with Crippen molar-refractivity contribution in [2.45, 2.75) is 117 Å². The highest BCUT2D eigenvalue weighted by molar-refractivity contribution is 7.13. The zero-order valence-corrected chi connectivity index (χ0v) is 44.4. The number of likely N-dealkylation sites (tertiary alicyclic amines) is 1. The second-order valence-electron chi connectivity index (χ2n) is 21.7. The van der Waals surface area contributed by atoms with Gasteiger partial charge < -0.3 is 40.3 Å². The third-order valence-corrected chi connectivity index (χ3v) is 16.0. The third-order valence-electron chi connectivity index (χ3n) is 14.7. The highest BCUT2D eigenvalue weighted by Crippen LogP contribution is 2.56.